The van der Waals surface area contributed by atoms with Gasteiger partial charge >= 0.3 is 0 Å². The van der Waals surface area contributed by atoms with E-state index in [9.17, 15) is 0 Å². The zero-order valence-corrected chi connectivity index (χ0v) is 10.5. The highest BCUT2D eigenvalue weighted by Gasteiger charge is 2.19. The lowest BCUT2D eigenvalue weighted by Gasteiger charge is -2.03. The van der Waals surface area contributed by atoms with Crippen LogP contribution in [0.2, 0.25) is 0 Å². The van der Waals surface area contributed by atoms with Gasteiger partial charge in [0.2, 0.25) is 17.5 Å². The third-order valence-corrected chi connectivity index (χ3v) is 2.96. The van der Waals surface area contributed by atoms with Crippen molar-refractivity contribution in [2.24, 2.45) is 0 Å². The topological polar surface area (TPSA) is 64.7 Å². The van der Waals surface area contributed by atoms with Crippen molar-refractivity contribution in [1.29, 1.82) is 0 Å². The zero-order chi connectivity index (χ0) is 13.1. The molecule has 3 rings (SSSR count). The molecule has 0 aliphatic rings. The van der Waals surface area contributed by atoms with Crippen molar-refractivity contribution >= 4 is 11.6 Å². The molecule has 0 aliphatic heterocycles. The quantitative estimate of drug-likeness (QED) is 0.686. The molecule has 0 saturated carbocycles. The van der Waals surface area contributed by atoms with Gasteiger partial charge in [0.05, 0.1) is 0 Å². The molecular weight excluding hydrogens is 264 g/mol. The first kappa shape index (κ1) is 11.8. The van der Waals surface area contributed by atoms with Gasteiger partial charge in [0.25, 0.3) is 0 Å². The first-order chi connectivity index (χ1) is 9.34. The van der Waals surface area contributed by atoms with Crippen LogP contribution in [0.25, 0.3) is 11.6 Å². The van der Waals surface area contributed by atoms with E-state index in [4.69, 9.17) is 16.1 Å². The summed E-state index contributed by atoms with van der Waals surface area (Å²) in [6.07, 6.45) is 3.24. The molecular formula is C13H9ClN4O. The Hall–Kier alpha value is -2.27. The highest BCUT2D eigenvalue weighted by atomic mass is 35.5. The summed E-state index contributed by atoms with van der Waals surface area (Å²) >= 11 is 6.30. The Morgan fingerprint density at radius 2 is 1.68 bits per heavy atom. The molecule has 0 amide bonds. The molecule has 1 atom stereocenters. The molecule has 5 nitrogen and oxygen atoms in total. The van der Waals surface area contributed by atoms with Gasteiger partial charge in [-0.3, -0.25) is 0 Å². The summed E-state index contributed by atoms with van der Waals surface area (Å²) in [5.41, 5.74) is 0.897. The third-order valence-electron chi connectivity index (χ3n) is 2.52. The van der Waals surface area contributed by atoms with E-state index in [1.54, 1.807) is 18.5 Å². The maximum atomic E-state index is 6.30. The minimum Gasteiger partial charge on any atom is -0.337 e. The lowest BCUT2D eigenvalue weighted by molar-refractivity contribution is 0.382. The molecule has 1 aromatic carbocycles. The van der Waals surface area contributed by atoms with Gasteiger partial charge in [0.15, 0.2) is 0 Å². The Morgan fingerprint density at radius 3 is 2.42 bits per heavy atom. The van der Waals surface area contributed by atoms with E-state index in [0.717, 1.165) is 5.56 Å². The molecule has 1 unspecified atom stereocenters. The number of halogens is 1. The number of rotatable bonds is 3. The maximum absolute atomic E-state index is 6.30. The Morgan fingerprint density at radius 1 is 0.947 bits per heavy atom. The Balaban J connectivity index is 1.90. The van der Waals surface area contributed by atoms with Crippen LogP contribution in [0.5, 0.6) is 0 Å². The van der Waals surface area contributed by atoms with Crippen molar-refractivity contribution in [2.75, 3.05) is 0 Å². The number of hydrogen-bond acceptors (Lipinski definition) is 5. The van der Waals surface area contributed by atoms with Crippen LogP contribution in [0.3, 0.4) is 0 Å². The first-order valence-electron chi connectivity index (χ1n) is 5.64. The summed E-state index contributed by atoms with van der Waals surface area (Å²) in [5.74, 6) is 1.07. The fourth-order valence-corrected chi connectivity index (χ4v) is 1.84. The predicted molar refractivity (Wildman–Crippen MR) is 69.5 cm³/mol. The molecule has 19 heavy (non-hydrogen) atoms. The van der Waals surface area contributed by atoms with Gasteiger partial charge in [-0.05, 0) is 11.6 Å². The number of aromatic nitrogens is 4. The monoisotopic (exact) mass is 272 g/mol. The number of nitrogens with zero attached hydrogens (tertiary/aromatic N) is 4. The van der Waals surface area contributed by atoms with Crippen molar-refractivity contribution in [1.82, 2.24) is 20.1 Å². The third kappa shape index (κ3) is 2.46. The number of alkyl halides is 1. The minimum absolute atomic E-state index is 0.329. The van der Waals surface area contributed by atoms with E-state index in [1.807, 2.05) is 30.3 Å². The summed E-state index contributed by atoms with van der Waals surface area (Å²) in [6.45, 7) is 0. The van der Waals surface area contributed by atoms with Crippen LogP contribution in [0.1, 0.15) is 16.8 Å². The predicted octanol–water partition coefficient (Wildman–Crippen LogP) is 2.85. The van der Waals surface area contributed by atoms with Crippen molar-refractivity contribution < 1.29 is 4.52 Å². The molecule has 0 spiro atoms. The summed E-state index contributed by atoms with van der Waals surface area (Å²) in [5, 5.41) is 3.36. The van der Waals surface area contributed by atoms with Crippen molar-refractivity contribution in [3.63, 3.8) is 0 Å². The van der Waals surface area contributed by atoms with Crippen molar-refractivity contribution in [2.45, 2.75) is 5.38 Å². The molecule has 94 valence electrons. The largest absolute Gasteiger partial charge is 0.337 e. The Labute approximate surface area is 114 Å². The SMILES string of the molecule is ClC(c1ccccc1)c1nc(-c2ncccn2)no1. The summed E-state index contributed by atoms with van der Waals surface area (Å²) in [6, 6.07) is 11.3. The highest BCUT2D eigenvalue weighted by molar-refractivity contribution is 6.22. The van der Waals surface area contributed by atoms with Gasteiger partial charge < -0.3 is 4.52 Å². The summed E-state index contributed by atoms with van der Waals surface area (Å²) in [7, 11) is 0. The van der Waals surface area contributed by atoms with E-state index in [0.29, 0.717) is 17.5 Å². The molecule has 2 heterocycles. The van der Waals surface area contributed by atoms with E-state index in [1.165, 1.54) is 0 Å². The molecule has 0 aliphatic carbocycles. The molecule has 0 saturated heterocycles. The van der Waals surface area contributed by atoms with Gasteiger partial charge in [-0.15, -0.1) is 11.6 Å². The van der Waals surface area contributed by atoms with Gasteiger partial charge in [0.1, 0.15) is 5.38 Å². The van der Waals surface area contributed by atoms with Crippen LogP contribution in [-0.2, 0) is 0 Å². The molecule has 2 aromatic heterocycles. The molecule has 0 bridgehead atoms. The zero-order valence-electron chi connectivity index (χ0n) is 9.77. The standard InChI is InChI=1S/C13H9ClN4O/c14-10(9-5-2-1-3-6-9)13-17-12(18-19-13)11-15-7-4-8-16-11/h1-8,10H. The normalized spacial score (nSPS) is 12.3. The summed E-state index contributed by atoms with van der Waals surface area (Å²) in [4.78, 5) is 12.3. The second-order valence-corrected chi connectivity index (χ2v) is 4.24. The summed E-state index contributed by atoms with van der Waals surface area (Å²) < 4.78 is 5.16. The van der Waals surface area contributed by atoms with Gasteiger partial charge in [0, 0.05) is 12.4 Å². The molecule has 6 heteroatoms. The number of benzene rings is 1. The van der Waals surface area contributed by atoms with Crippen LogP contribution >= 0.6 is 11.6 Å². The van der Waals surface area contributed by atoms with Crippen LogP contribution in [0.4, 0.5) is 0 Å². The average Bonchev–Trinajstić information content (AvgIpc) is 2.98. The first-order valence-corrected chi connectivity index (χ1v) is 6.08. The van der Waals surface area contributed by atoms with Gasteiger partial charge in [-0.2, -0.15) is 4.98 Å². The fourth-order valence-electron chi connectivity index (χ4n) is 1.61. The lowest BCUT2D eigenvalue weighted by atomic mass is 10.1. The fraction of sp³-hybridized carbons (Fsp3) is 0.0769. The molecule has 0 N–H and O–H groups in total. The molecule has 3 aromatic rings. The second-order valence-electron chi connectivity index (χ2n) is 3.80. The average molecular weight is 273 g/mol. The number of hydrogen-bond donors (Lipinski definition) is 0. The molecule has 0 fully saturated rings. The smallest absolute Gasteiger partial charge is 0.249 e. The van der Waals surface area contributed by atoms with Gasteiger partial charge in [-0.25, -0.2) is 9.97 Å². The van der Waals surface area contributed by atoms with E-state index >= 15 is 0 Å². The van der Waals surface area contributed by atoms with Crippen LogP contribution < -0.4 is 0 Å². The van der Waals surface area contributed by atoms with Crippen molar-refractivity contribution in [3.8, 4) is 11.6 Å². The van der Waals surface area contributed by atoms with Crippen LogP contribution in [-0.4, -0.2) is 20.1 Å². The van der Waals surface area contributed by atoms with Crippen LogP contribution in [0.15, 0.2) is 53.3 Å². The second kappa shape index (κ2) is 5.16. The van der Waals surface area contributed by atoms with E-state index in [-0.39, 0.29) is 0 Å². The van der Waals surface area contributed by atoms with E-state index < -0.39 is 5.38 Å². The van der Waals surface area contributed by atoms with Gasteiger partial charge in [-0.1, -0.05) is 35.5 Å². The Bertz CT molecular complexity index is 657. The minimum atomic E-state index is -0.480. The Kier molecular flexibility index (Phi) is 3.20. The molecule has 0 radical (unpaired) electrons. The highest BCUT2D eigenvalue weighted by Crippen LogP contribution is 2.27. The lowest BCUT2D eigenvalue weighted by Crippen LogP contribution is -1.94. The maximum Gasteiger partial charge on any atom is 0.249 e. The van der Waals surface area contributed by atoms with E-state index in [2.05, 4.69) is 20.1 Å². The van der Waals surface area contributed by atoms with Crippen molar-refractivity contribution in [3.05, 3.63) is 60.2 Å². The van der Waals surface area contributed by atoms with Crippen LogP contribution in [0, 0.1) is 0 Å².